The van der Waals surface area contributed by atoms with Crippen molar-refractivity contribution in [3.05, 3.63) is 22.4 Å². The number of ether oxygens (including phenoxy) is 1. The van der Waals surface area contributed by atoms with Crippen molar-refractivity contribution in [2.75, 3.05) is 19.4 Å². The van der Waals surface area contributed by atoms with Crippen LogP contribution in [0.5, 0.6) is 0 Å². The van der Waals surface area contributed by atoms with Gasteiger partial charge < -0.3 is 10.5 Å². The predicted molar refractivity (Wildman–Crippen MR) is 77.3 cm³/mol. The molecule has 3 N–H and O–H groups in total. The maximum Gasteiger partial charge on any atom is 0.241 e. The van der Waals surface area contributed by atoms with E-state index < -0.39 is 21.4 Å². The Hall–Kier alpha value is -0.700. The first-order valence-electron chi connectivity index (χ1n) is 6.09. The van der Waals surface area contributed by atoms with Gasteiger partial charge in [0.15, 0.2) is 0 Å². The quantitative estimate of drug-likeness (QED) is 0.781. The first-order valence-corrected chi connectivity index (χ1v) is 8.37. The molecule has 0 bridgehead atoms. The molecule has 20 heavy (non-hydrogen) atoms. The largest absolute Gasteiger partial charge is 0.396 e. The highest BCUT2D eigenvalue weighted by molar-refractivity contribution is 9.10. The lowest BCUT2D eigenvalue weighted by Gasteiger charge is -2.40. The average molecular weight is 367 g/mol. The Morgan fingerprint density at radius 1 is 1.50 bits per heavy atom. The Labute approximate surface area is 125 Å². The number of sulfonamides is 1. The molecule has 0 atom stereocenters. The van der Waals surface area contributed by atoms with Crippen LogP contribution in [0.3, 0.4) is 0 Å². The van der Waals surface area contributed by atoms with Crippen LogP contribution >= 0.6 is 15.9 Å². The highest BCUT2D eigenvalue weighted by Gasteiger charge is 2.38. The van der Waals surface area contributed by atoms with Crippen LogP contribution in [0, 0.1) is 5.82 Å². The molecule has 1 saturated carbocycles. The zero-order valence-electron chi connectivity index (χ0n) is 10.9. The maximum absolute atomic E-state index is 13.3. The zero-order chi connectivity index (χ0) is 15.0. The summed E-state index contributed by atoms with van der Waals surface area (Å²) in [6.07, 6.45) is 2.65. The minimum absolute atomic E-state index is 0.0815. The molecule has 1 fully saturated rings. The topological polar surface area (TPSA) is 81.4 Å². The van der Waals surface area contributed by atoms with Gasteiger partial charge in [-0.15, -0.1) is 0 Å². The molecule has 1 aliphatic rings. The summed E-state index contributed by atoms with van der Waals surface area (Å²) in [7, 11) is -2.20. The highest BCUT2D eigenvalue weighted by Crippen LogP contribution is 2.35. The molecule has 1 aromatic rings. The lowest BCUT2D eigenvalue weighted by atomic mass is 9.80. The molecule has 1 aliphatic carbocycles. The number of hydrogen-bond acceptors (Lipinski definition) is 4. The summed E-state index contributed by atoms with van der Waals surface area (Å²) in [5.74, 6) is -0.664. The van der Waals surface area contributed by atoms with E-state index in [2.05, 4.69) is 20.7 Å². The van der Waals surface area contributed by atoms with Crippen molar-refractivity contribution in [1.82, 2.24) is 4.72 Å². The number of nitrogens with two attached hydrogens (primary N) is 1. The summed E-state index contributed by atoms with van der Waals surface area (Å²) in [4.78, 5) is -0.0815. The van der Waals surface area contributed by atoms with E-state index in [0.29, 0.717) is 0 Å². The summed E-state index contributed by atoms with van der Waals surface area (Å²) >= 11 is 3.04. The fraction of sp³-hybridized carbons (Fsp3) is 0.500. The third-order valence-corrected chi connectivity index (χ3v) is 5.98. The van der Waals surface area contributed by atoms with E-state index in [9.17, 15) is 12.8 Å². The van der Waals surface area contributed by atoms with Crippen molar-refractivity contribution >= 4 is 31.6 Å². The Morgan fingerprint density at radius 2 is 2.15 bits per heavy atom. The van der Waals surface area contributed by atoms with Crippen molar-refractivity contribution in [2.24, 2.45) is 0 Å². The zero-order valence-corrected chi connectivity index (χ0v) is 13.4. The van der Waals surface area contributed by atoms with E-state index in [4.69, 9.17) is 10.5 Å². The van der Waals surface area contributed by atoms with E-state index >= 15 is 0 Å². The molecule has 1 aromatic carbocycles. The lowest BCUT2D eigenvalue weighted by Crippen LogP contribution is -2.49. The van der Waals surface area contributed by atoms with Gasteiger partial charge >= 0.3 is 0 Å². The fourth-order valence-corrected chi connectivity index (χ4v) is 4.24. The number of nitrogens with one attached hydrogen (secondary N) is 1. The van der Waals surface area contributed by atoms with Gasteiger partial charge in [-0.05, 0) is 47.3 Å². The van der Waals surface area contributed by atoms with Gasteiger partial charge in [-0.25, -0.2) is 17.5 Å². The molecule has 0 amide bonds. The second kappa shape index (κ2) is 5.59. The lowest BCUT2D eigenvalue weighted by molar-refractivity contribution is -0.0659. The van der Waals surface area contributed by atoms with Crippen molar-refractivity contribution < 1.29 is 17.5 Å². The normalized spacial score (nSPS) is 17.8. The Kier molecular flexibility index (Phi) is 4.38. The maximum atomic E-state index is 13.3. The number of hydrogen-bond donors (Lipinski definition) is 2. The summed E-state index contributed by atoms with van der Waals surface area (Å²) in [5.41, 5.74) is 4.78. The third-order valence-electron chi connectivity index (χ3n) is 3.62. The summed E-state index contributed by atoms with van der Waals surface area (Å²) in [5, 5.41) is 0. The van der Waals surface area contributed by atoms with E-state index in [1.54, 1.807) is 7.11 Å². The van der Waals surface area contributed by atoms with Crippen molar-refractivity contribution in [3.63, 3.8) is 0 Å². The fourth-order valence-electron chi connectivity index (χ4n) is 2.08. The molecular weight excluding hydrogens is 351 g/mol. The standard InChI is InChI=1S/C12H16BrFN2O3S/c1-19-12(3-2-4-12)7-16-20(17,18)11-6-10(15)9(14)5-8(11)13/h5-6,16H,2-4,7,15H2,1H3. The van der Waals surface area contributed by atoms with Gasteiger partial charge in [-0.3, -0.25) is 0 Å². The van der Waals surface area contributed by atoms with E-state index in [1.807, 2.05) is 0 Å². The smallest absolute Gasteiger partial charge is 0.241 e. The number of methoxy groups -OCH3 is 1. The van der Waals surface area contributed by atoms with Gasteiger partial charge in [0.05, 0.1) is 16.2 Å². The van der Waals surface area contributed by atoms with Crippen molar-refractivity contribution in [1.29, 1.82) is 0 Å². The molecule has 0 unspecified atom stereocenters. The van der Waals surface area contributed by atoms with Crippen LogP contribution in [0.4, 0.5) is 10.1 Å². The first-order chi connectivity index (χ1) is 9.30. The molecule has 0 saturated heterocycles. The van der Waals surface area contributed by atoms with Gasteiger partial charge in [-0.1, -0.05) is 0 Å². The number of rotatable bonds is 5. The second-order valence-corrected chi connectivity index (χ2v) is 7.46. The van der Waals surface area contributed by atoms with Crippen LogP contribution in [0.25, 0.3) is 0 Å². The van der Waals surface area contributed by atoms with Crippen LogP contribution in [-0.2, 0) is 14.8 Å². The summed E-state index contributed by atoms with van der Waals surface area (Å²) in [6, 6.07) is 2.14. The molecule has 5 nitrogen and oxygen atoms in total. The minimum atomic E-state index is -3.77. The molecule has 2 rings (SSSR count). The summed E-state index contributed by atoms with van der Waals surface area (Å²) < 4.78 is 45.7. The van der Waals surface area contributed by atoms with Crippen LogP contribution in [-0.4, -0.2) is 27.7 Å². The molecule has 0 radical (unpaired) electrons. The highest BCUT2D eigenvalue weighted by atomic mass is 79.9. The van der Waals surface area contributed by atoms with E-state index in [0.717, 1.165) is 31.4 Å². The Morgan fingerprint density at radius 3 is 2.65 bits per heavy atom. The molecule has 8 heteroatoms. The number of benzene rings is 1. The van der Waals surface area contributed by atoms with E-state index in [-0.39, 0.29) is 21.6 Å². The summed E-state index contributed by atoms with van der Waals surface area (Å²) in [6.45, 7) is 0.190. The first kappa shape index (κ1) is 15.7. The predicted octanol–water partition coefficient (Wildman–Crippen LogP) is 2.02. The van der Waals surface area contributed by atoms with Gasteiger partial charge in [0.2, 0.25) is 10.0 Å². The van der Waals surface area contributed by atoms with Crippen LogP contribution in [0.15, 0.2) is 21.5 Å². The van der Waals surface area contributed by atoms with Gasteiger partial charge in [0, 0.05) is 18.1 Å². The molecule has 0 aliphatic heterocycles. The molecule has 112 valence electrons. The minimum Gasteiger partial charge on any atom is -0.396 e. The van der Waals surface area contributed by atoms with E-state index in [1.165, 1.54) is 0 Å². The van der Waals surface area contributed by atoms with Crippen molar-refractivity contribution in [3.8, 4) is 0 Å². The number of anilines is 1. The van der Waals surface area contributed by atoms with Crippen LogP contribution in [0.2, 0.25) is 0 Å². The van der Waals surface area contributed by atoms with Crippen LogP contribution in [0.1, 0.15) is 19.3 Å². The van der Waals surface area contributed by atoms with Gasteiger partial charge in [0.25, 0.3) is 0 Å². The van der Waals surface area contributed by atoms with Crippen LogP contribution < -0.4 is 10.5 Å². The number of halogens is 2. The molecule has 0 heterocycles. The molecule has 0 aromatic heterocycles. The monoisotopic (exact) mass is 366 g/mol. The van der Waals surface area contributed by atoms with Gasteiger partial charge in [0.1, 0.15) is 5.82 Å². The Balaban J connectivity index is 2.20. The Bertz CT molecular complexity index is 612. The van der Waals surface area contributed by atoms with Gasteiger partial charge in [-0.2, -0.15) is 0 Å². The molecule has 0 spiro atoms. The molecular formula is C12H16BrFN2O3S. The number of nitrogen functional groups attached to an aromatic ring is 1. The van der Waals surface area contributed by atoms with Crippen molar-refractivity contribution in [2.45, 2.75) is 29.8 Å². The second-order valence-electron chi connectivity index (χ2n) is 4.87. The third kappa shape index (κ3) is 2.98. The SMILES string of the molecule is COC1(CNS(=O)(=O)c2cc(N)c(F)cc2Br)CCC1. The average Bonchev–Trinajstić information content (AvgIpc) is 2.32.